The second-order valence-corrected chi connectivity index (χ2v) is 4.00. The minimum absolute atomic E-state index is 0.128. The molecule has 2 aromatic rings. The summed E-state index contributed by atoms with van der Waals surface area (Å²) < 4.78 is 13.3. The summed E-state index contributed by atoms with van der Waals surface area (Å²) in [6.45, 7) is 3.26. The first kappa shape index (κ1) is 10.8. The van der Waals surface area contributed by atoms with Crippen molar-refractivity contribution >= 4 is 16.8 Å². The highest BCUT2D eigenvalue weighted by Gasteiger charge is 2.06. The van der Waals surface area contributed by atoms with Gasteiger partial charge in [-0.15, -0.1) is 0 Å². The lowest BCUT2D eigenvalue weighted by Crippen LogP contribution is -1.95. The van der Waals surface area contributed by atoms with Crippen molar-refractivity contribution < 1.29 is 9.18 Å². The molecule has 0 aliphatic carbocycles. The Morgan fingerprint density at radius 2 is 2.25 bits per heavy atom. The summed E-state index contributed by atoms with van der Waals surface area (Å²) in [5.41, 5.74) is 2.02. The van der Waals surface area contributed by atoms with Gasteiger partial charge in [0.2, 0.25) is 0 Å². The SMILES string of the molecule is CC(=O)CCc1nc2cc(F)c(C)cc2[nH]1. The van der Waals surface area contributed by atoms with Crippen molar-refractivity contribution in [2.75, 3.05) is 0 Å². The number of aryl methyl sites for hydroxylation is 2. The maximum Gasteiger partial charge on any atom is 0.130 e. The monoisotopic (exact) mass is 220 g/mol. The molecule has 0 bridgehead atoms. The maximum atomic E-state index is 13.3. The van der Waals surface area contributed by atoms with Gasteiger partial charge in [0.1, 0.15) is 17.4 Å². The van der Waals surface area contributed by atoms with Crippen molar-refractivity contribution in [2.24, 2.45) is 0 Å². The molecule has 0 saturated carbocycles. The number of fused-ring (bicyclic) bond motifs is 1. The molecule has 1 aromatic heterocycles. The van der Waals surface area contributed by atoms with Crippen LogP contribution in [-0.4, -0.2) is 15.8 Å². The van der Waals surface area contributed by atoms with Gasteiger partial charge in [0, 0.05) is 18.9 Å². The number of imidazole rings is 1. The molecular formula is C12H13FN2O. The number of H-pyrrole nitrogens is 1. The van der Waals surface area contributed by atoms with E-state index in [1.807, 2.05) is 0 Å². The largest absolute Gasteiger partial charge is 0.342 e. The normalized spacial score (nSPS) is 10.9. The number of aromatic amines is 1. The summed E-state index contributed by atoms with van der Waals surface area (Å²) in [4.78, 5) is 18.2. The minimum Gasteiger partial charge on any atom is -0.342 e. The van der Waals surface area contributed by atoms with Crippen molar-refractivity contribution in [3.8, 4) is 0 Å². The van der Waals surface area contributed by atoms with Crippen LogP contribution in [0, 0.1) is 12.7 Å². The van der Waals surface area contributed by atoms with E-state index in [1.165, 1.54) is 6.07 Å². The number of benzene rings is 1. The summed E-state index contributed by atoms with van der Waals surface area (Å²) in [6, 6.07) is 3.15. The number of nitrogens with one attached hydrogen (secondary N) is 1. The molecule has 2 rings (SSSR count). The van der Waals surface area contributed by atoms with Gasteiger partial charge in [-0.05, 0) is 25.5 Å². The average molecular weight is 220 g/mol. The van der Waals surface area contributed by atoms with Gasteiger partial charge >= 0.3 is 0 Å². The lowest BCUT2D eigenvalue weighted by atomic mass is 10.2. The Labute approximate surface area is 92.7 Å². The van der Waals surface area contributed by atoms with Crippen LogP contribution >= 0.6 is 0 Å². The van der Waals surface area contributed by atoms with Crippen LogP contribution < -0.4 is 0 Å². The smallest absolute Gasteiger partial charge is 0.130 e. The van der Waals surface area contributed by atoms with Gasteiger partial charge in [0.25, 0.3) is 0 Å². The summed E-state index contributed by atoms with van der Waals surface area (Å²) in [7, 11) is 0. The minimum atomic E-state index is -0.253. The van der Waals surface area contributed by atoms with Crippen LogP contribution in [0.25, 0.3) is 11.0 Å². The fraction of sp³-hybridized carbons (Fsp3) is 0.333. The second-order valence-electron chi connectivity index (χ2n) is 4.00. The molecule has 16 heavy (non-hydrogen) atoms. The zero-order valence-electron chi connectivity index (χ0n) is 9.30. The van der Waals surface area contributed by atoms with Gasteiger partial charge in [-0.2, -0.15) is 0 Å². The van der Waals surface area contributed by atoms with Crippen LogP contribution in [0.5, 0.6) is 0 Å². The number of ketones is 1. The zero-order chi connectivity index (χ0) is 11.7. The standard InChI is InChI=1S/C12H13FN2O/c1-7-5-10-11(6-9(7)13)15-12(14-10)4-3-8(2)16/h5-6H,3-4H2,1-2H3,(H,14,15). The van der Waals surface area contributed by atoms with E-state index in [-0.39, 0.29) is 11.6 Å². The number of aromatic nitrogens is 2. The highest BCUT2D eigenvalue weighted by molar-refractivity contribution is 5.77. The molecule has 0 spiro atoms. The third-order valence-corrected chi connectivity index (χ3v) is 2.53. The Kier molecular flexibility index (Phi) is 2.73. The van der Waals surface area contributed by atoms with Crippen LogP contribution in [-0.2, 0) is 11.2 Å². The summed E-state index contributed by atoms with van der Waals surface area (Å²) in [5.74, 6) is 0.607. The van der Waals surface area contributed by atoms with Gasteiger partial charge in [0.15, 0.2) is 0 Å². The second kappa shape index (κ2) is 4.04. The maximum absolute atomic E-state index is 13.3. The Morgan fingerprint density at radius 3 is 2.94 bits per heavy atom. The Balaban J connectivity index is 2.33. The topological polar surface area (TPSA) is 45.8 Å². The average Bonchev–Trinajstić information content (AvgIpc) is 2.58. The Bertz CT molecular complexity index is 506. The number of carbonyl (C=O) groups is 1. The molecule has 0 aliphatic heterocycles. The van der Waals surface area contributed by atoms with Crippen molar-refractivity contribution in [1.82, 2.24) is 9.97 Å². The molecule has 0 aliphatic rings. The lowest BCUT2D eigenvalue weighted by Gasteiger charge is -1.93. The molecule has 0 unspecified atom stereocenters. The van der Waals surface area contributed by atoms with Crippen molar-refractivity contribution in [3.63, 3.8) is 0 Å². The van der Waals surface area contributed by atoms with E-state index < -0.39 is 0 Å². The fourth-order valence-corrected chi connectivity index (χ4v) is 1.61. The molecular weight excluding hydrogens is 207 g/mol. The van der Waals surface area contributed by atoms with E-state index in [4.69, 9.17) is 0 Å². The van der Waals surface area contributed by atoms with E-state index in [9.17, 15) is 9.18 Å². The number of halogens is 1. The van der Waals surface area contributed by atoms with Gasteiger partial charge < -0.3 is 9.78 Å². The Hall–Kier alpha value is -1.71. The first-order valence-electron chi connectivity index (χ1n) is 5.20. The van der Waals surface area contributed by atoms with Crippen molar-refractivity contribution in [1.29, 1.82) is 0 Å². The molecule has 1 heterocycles. The number of rotatable bonds is 3. The van der Waals surface area contributed by atoms with Gasteiger partial charge in [-0.3, -0.25) is 0 Å². The van der Waals surface area contributed by atoms with Crippen LogP contribution in [0.4, 0.5) is 4.39 Å². The quantitative estimate of drug-likeness (QED) is 0.863. The summed E-state index contributed by atoms with van der Waals surface area (Å²) in [6.07, 6.45) is 1.03. The molecule has 3 nitrogen and oxygen atoms in total. The molecule has 1 N–H and O–H groups in total. The van der Waals surface area contributed by atoms with Crippen molar-refractivity contribution in [2.45, 2.75) is 26.7 Å². The van der Waals surface area contributed by atoms with E-state index >= 15 is 0 Å². The summed E-state index contributed by atoms with van der Waals surface area (Å²) in [5, 5.41) is 0. The first-order valence-corrected chi connectivity index (χ1v) is 5.20. The first-order chi connectivity index (χ1) is 7.56. The fourth-order valence-electron chi connectivity index (χ4n) is 1.61. The highest BCUT2D eigenvalue weighted by Crippen LogP contribution is 2.17. The van der Waals surface area contributed by atoms with Crippen molar-refractivity contribution in [3.05, 3.63) is 29.3 Å². The predicted octanol–water partition coefficient (Wildman–Crippen LogP) is 2.53. The van der Waals surface area contributed by atoms with Gasteiger partial charge in [-0.25, -0.2) is 9.37 Å². The molecule has 0 fully saturated rings. The number of hydrogen-bond donors (Lipinski definition) is 1. The number of nitrogens with zero attached hydrogens (tertiary/aromatic N) is 1. The van der Waals surface area contributed by atoms with E-state index in [2.05, 4.69) is 9.97 Å². The predicted molar refractivity (Wildman–Crippen MR) is 59.8 cm³/mol. The molecule has 4 heteroatoms. The highest BCUT2D eigenvalue weighted by atomic mass is 19.1. The van der Waals surface area contributed by atoms with Crippen LogP contribution in [0.15, 0.2) is 12.1 Å². The van der Waals surface area contributed by atoms with Crippen LogP contribution in [0.3, 0.4) is 0 Å². The summed E-state index contributed by atoms with van der Waals surface area (Å²) >= 11 is 0. The molecule has 0 atom stereocenters. The lowest BCUT2D eigenvalue weighted by molar-refractivity contribution is -0.117. The molecule has 0 radical (unpaired) electrons. The van der Waals surface area contributed by atoms with E-state index in [0.717, 1.165) is 11.3 Å². The van der Waals surface area contributed by atoms with E-state index in [0.29, 0.717) is 23.9 Å². The van der Waals surface area contributed by atoms with Gasteiger partial charge in [0.05, 0.1) is 11.0 Å². The van der Waals surface area contributed by atoms with Crippen LogP contribution in [0.2, 0.25) is 0 Å². The Morgan fingerprint density at radius 1 is 1.50 bits per heavy atom. The third kappa shape index (κ3) is 2.10. The molecule has 0 saturated heterocycles. The number of hydrogen-bond acceptors (Lipinski definition) is 2. The molecule has 0 amide bonds. The number of carbonyl (C=O) groups excluding carboxylic acids is 1. The molecule has 84 valence electrons. The zero-order valence-corrected chi connectivity index (χ0v) is 9.30. The third-order valence-electron chi connectivity index (χ3n) is 2.53. The van der Waals surface area contributed by atoms with Gasteiger partial charge in [-0.1, -0.05) is 0 Å². The number of Topliss-reactive ketones (excluding diaryl/α,β-unsaturated/α-hetero) is 1. The van der Waals surface area contributed by atoms with Crippen LogP contribution in [0.1, 0.15) is 24.7 Å². The molecule has 1 aromatic carbocycles. The van der Waals surface area contributed by atoms with E-state index in [1.54, 1.807) is 19.9 Å².